The van der Waals surface area contributed by atoms with Crippen molar-refractivity contribution in [1.29, 1.82) is 0 Å². The van der Waals surface area contributed by atoms with Gasteiger partial charge in [-0.05, 0) is 38.1 Å². The third-order valence-electron chi connectivity index (χ3n) is 4.54. The van der Waals surface area contributed by atoms with Gasteiger partial charge in [0.2, 0.25) is 0 Å². The molecule has 4 aromatic rings. The van der Waals surface area contributed by atoms with E-state index in [9.17, 15) is 9.18 Å². The van der Waals surface area contributed by atoms with Crippen molar-refractivity contribution in [2.45, 2.75) is 19.9 Å². The number of halogens is 1. The molecule has 7 heteroatoms. The zero-order valence-electron chi connectivity index (χ0n) is 15.8. The first-order valence-electron chi connectivity index (χ1n) is 8.91. The Labute approximate surface area is 160 Å². The molecule has 0 amide bonds. The van der Waals surface area contributed by atoms with Crippen LogP contribution in [-0.2, 0) is 0 Å². The van der Waals surface area contributed by atoms with E-state index in [1.165, 1.54) is 16.8 Å². The number of aromatic nitrogens is 4. The number of benzene rings is 1. The normalized spacial score (nSPS) is 11.3. The Hall–Kier alpha value is -3.48. The standard InChI is InChI=1S/C21H19FN4O2/c1-13(2)26-19(27)9-8-17(23-26)20-18-12-14(28-3)10-11-25(18)24-21(20)15-6-4-5-7-16(15)22/h4-13H,1-3H3. The van der Waals surface area contributed by atoms with E-state index < -0.39 is 0 Å². The van der Waals surface area contributed by atoms with Crippen LogP contribution in [-0.4, -0.2) is 26.5 Å². The molecule has 28 heavy (non-hydrogen) atoms. The van der Waals surface area contributed by atoms with E-state index in [1.807, 2.05) is 19.9 Å². The Morgan fingerprint density at radius 1 is 1.07 bits per heavy atom. The Kier molecular flexibility index (Phi) is 4.43. The second-order valence-electron chi connectivity index (χ2n) is 6.69. The van der Waals surface area contributed by atoms with Gasteiger partial charge in [0.05, 0.1) is 29.9 Å². The van der Waals surface area contributed by atoms with E-state index in [1.54, 1.807) is 48.2 Å². The van der Waals surface area contributed by atoms with Crippen LogP contribution in [0.15, 0.2) is 59.5 Å². The lowest BCUT2D eigenvalue weighted by molar-refractivity contribution is 0.414. The van der Waals surface area contributed by atoms with Crippen LogP contribution in [0.25, 0.3) is 28.0 Å². The van der Waals surface area contributed by atoms with Gasteiger partial charge in [0.1, 0.15) is 17.3 Å². The van der Waals surface area contributed by atoms with E-state index in [2.05, 4.69) is 10.2 Å². The minimum Gasteiger partial charge on any atom is -0.497 e. The summed E-state index contributed by atoms with van der Waals surface area (Å²) in [6.45, 7) is 3.77. The molecule has 0 aliphatic heterocycles. The second-order valence-corrected chi connectivity index (χ2v) is 6.69. The fraction of sp³-hybridized carbons (Fsp3) is 0.190. The van der Waals surface area contributed by atoms with Gasteiger partial charge in [-0.25, -0.2) is 13.6 Å². The second kappa shape index (κ2) is 6.92. The number of methoxy groups -OCH3 is 1. The Morgan fingerprint density at radius 3 is 2.57 bits per heavy atom. The van der Waals surface area contributed by atoms with Crippen LogP contribution in [0, 0.1) is 5.82 Å². The molecular weight excluding hydrogens is 359 g/mol. The van der Waals surface area contributed by atoms with E-state index >= 15 is 0 Å². The zero-order chi connectivity index (χ0) is 19.8. The molecule has 0 N–H and O–H groups in total. The summed E-state index contributed by atoms with van der Waals surface area (Å²) in [7, 11) is 1.58. The van der Waals surface area contributed by atoms with Crippen molar-refractivity contribution in [3.63, 3.8) is 0 Å². The van der Waals surface area contributed by atoms with Crippen molar-refractivity contribution < 1.29 is 9.13 Å². The first kappa shape index (κ1) is 17.9. The van der Waals surface area contributed by atoms with Gasteiger partial charge in [-0.2, -0.15) is 10.2 Å². The van der Waals surface area contributed by atoms with Crippen LogP contribution in [0.4, 0.5) is 4.39 Å². The number of rotatable bonds is 4. The van der Waals surface area contributed by atoms with E-state index in [4.69, 9.17) is 4.74 Å². The molecule has 0 atom stereocenters. The average Bonchev–Trinajstić information content (AvgIpc) is 3.06. The van der Waals surface area contributed by atoms with Gasteiger partial charge in [0.15, 0.2) is 0 Å². The molecule has 0 radical (unpaired) electrons. The molecule has 0 bridgehead atoms. The number of nitrogens with zero attached hydrogens (tertiary/aromatic N) is 4. The quantitative estimate of drug-likeness (QED) is 0.539. The van der Waals surface area contributed by atoms with Gasteiger partial charge >= 0.3 is 0 Å². The van der Waals surface area contributed by atoms with E-state index in [0.717, 1.165) is 0 Å². The Balaban J connectivity index is 2.08. The van der Waals surface area contributed by atoms with Crippen LogP contribution in [0.2, 0.25) is 0 Å². The van der Waals surface area contributed by atoms with E-state index in [0.29, 0.717) is 33.8 Å². The lowest BCUT2D eigenvalue weighted by Crippen LogP contribution is -2.23. The molecule has 142 valence electrons. The summed E-state index contributed by atoms with van der Waals surface area (Å²) < 4.78 is 23.0. The summed E-state index contributed by atoms with van der Waals surface area (Å²) in [5, 5.41) is 9.11. The number of fused-ring (bicyclic) bond motifs is 1. The maximum atomic E-state index is 14.6. The van der Waals surface area contributed by atoms with Crippen LogP contribution in [0.3, 0.4) is 0 Å². The average molecular weight is 378 g/mol. The largest absolute Gasteiger partial charge is 0.497 e. The minimum atomic E-state index is -0.378. The topological polar surface area (TPSA) is 61.4 Å². The maximum Gasteiger partial charge on any atom is 0.267 e. The van der Waals surface area contributed by atoms with Crippen LogP contribution >= 0.6 is 0 Å². The minimum absolute atomic E-state index is 0.110. The fourth-order valence-corrected chi connectivity index (χ4v) is 3.18. The Bertz CT molecular complexity index is 1230. The number of pyridine rings is 1. The number of hydrogen-bond donors (Lipinski definition) is 0. The van der Waals surface area contributed by atoms with Gasteiger partial charge in [-0.15, -0.1) is 0 Å². The molecule has 4 rings (SSSR count). The number of hydrogen-bond acceptors (Lipinski definition) is 4. The van der Waals surface area contributed by atoms with Gasteiger partial charge in [0, 0.05) is 23.9 Å². The molecule has 6 nitrogen and oxygen atoms in total. The third-order valence-corrected chi connectivity index (χ3v) is 4.54. The third kappa shape index (κ3) is 2.94. The van der Waals surface area contributed by atoms with Crippen molar-refractivity contribution in [2.24, 2.45) is 0 Å². The van der Waals surface area contributed by atoms with Crippen LogP contribution in [0.5, 0.6) is 5.75 Å². The fourth-order valence-electron chi connectivity index (χ4n) is 3.18. The maximum absolute atomic E-state index is 14.6. The smallest absolute Gasteiger partial charge is 0.267 e. The predicted octanol–water partition coefficient (Wildman–Crippen LogP) is 3.95. The van der Waals surface area contributed by atoms with Gasteiger partial charge in [-0.1, -0.05) is 12.1 Å². The molecule has 3 aromatic heterocycles. The van der Waals surface area contributed by atoms with Gasteiger partial charge < -0.3 is 4.74 Å². The summed E-state index contributed by atoms with van der Waals surface area (Å²) in [4.78, 5) is 12.2. The lowest BCUT2D eigenvalue weighted by Gasteiger charge is -2.11. The molecule has 0 saturated carbocycles. The van der Waals surface area contributed by atoms with Gasteiger partial charge in [-0.3, -0.25) is 4.79 Å². The summed E-state index contributed by atoms with van der Waals surface area (Å²) in [5.41, 5.74) is 2.50. The van der Waals surface area contributed by atoms with Crippen molar-refractivity contribution >= 4 is 5.52 Å². The summed E-state index contributed by atoms with van der Waals surface area (Å²) >= 11 is 0. The summed E-state index contributed by atoms with van der Waals surface area (Å²) in [6, 6.07) is 13.1. The van der Waals surface area contributed by atoms with Crippen molar-refractivity contribution in [2.75, 3.05) is 7.11 Å². The molecule has 1 aromatic carbocycles. The lowest BCUT2D eigenvalue weighted by atomic mass is 10.0. The predicted molar refractivity (Wildman–Crippen MR) is 105 cm³/mol. The zero-order valence-corrected chi connectivity index (χ0v) is 15.8. The van der Waals surface area contributed by atoms with Gasteiger partial charge in [0.25, 0.3) is 5.56 Å². The number of ether oxygens (including phenoxy) is 1. The first-order valence-corrected chi connectivity index (χ1v) is 8.91. The molecule has 0 aliphatic carbocycles. The van der Waals surface area contributed by atoms with Crippen molar-refractivity contribution in [1.82, 2.24) is 19.4 Å². The summed E-state index contributed by atoms with van der Waals surface area (Å²) in [6.07, 6.45) is 1.75. The highest BCUT2D eigenvalue weighted by atomic mass is 19.1. The first-order chi connectivity index (χ1) is 13.5. The van der Waals surface area contributed by atoms with Crippen molar-refractivity contribution in [3.8, 4) is 28.3 Å². The highest BCUT2D eigenvalue weighted by Gasteiger charge is 2.21. The molecule has 0 saturated heterocycles. The molecule has 0 unspecified atom stereocenters. The highest BCUT2D eigenvalue weighted by Crippen LogP contribution is 2.36. The molecule has 0 aliphatic rings. The summed E-state index contributed by atoms with van der Waals surface area (Å²) in [5.74, 6) is 0.266. The van der Waals surface area contributed by atoms with Crippen LogP contribution in [0.1, 0.15) is 19.9 Å². The van der Waals surface area contributed by atoms with Crippen molar-refractivity contribution in [3.05, 3.63) is 70.9 Å². The van der Waals surface area contributed by atoms with Crippen LogP contribution < -0.4 is 10.3 Å². The highest BCUT2D eigenvalue weighted by molar-refractivity contribution is 5.91. The Morgan fingerprint density at radius 2 is 1.86 bits per heavy atom. The monoisotopic (exact) mass is 378 g/mol. The molecule has 0 spiro atoms. The molecule has 0 fully saturated rings. The molecule has 3 heterocycles. The van der Waals surface area contributed by atoms with E-state index in [-0.39, 0.29) is 17.4 Å². The SMILES string of the molecule is COc1ccn2nc(-c3ccccc3F)c(-c3ccc(=O)n(C(C)C)n3)c2c1. The molecular formula is C21H19FN4O2.